The Morgan fingerprint density at radius 1 is 1.12 bits per heavy atom. The second kappa shape index (κ2) is 6.19. The molecule has 0 bridgehead atoms. The second-order valence-corrected chi connectivity index (χ2v) is 6.22. The molecule has 1 unspecified atom stereocenters. The van der Waals surface area contributed by atoms with Gasteiger partial charge in [0.2, 0.25) is 0 Å². The predicted octanol–water partition coefficient (Wildman–Crippen LogP) is 3.03. The van der Waals surface area contributed by atoms with Gasteiger partial charge in [-0.3, -0.25) is 4.90 Å². The van der Waals surface area contributed by atoms with Gasteiger partial charge in [-0.25, -0.2) is 0 Å². The van der Waals surface area contributed by atoms with Crippen molar-refractivity contribution in [3.05, 3.63) is 0 Å². The summed E-state index contributed by atoms with van der Waals surface area (Å²) in [7, 11) is 0. The molecule has 3 atom stereocenters. The molecule has 0 aromatic rings. The molecule has 2 heteroatoms. The second-order valence-electron chi connectivity index (χ2n) is 6.22. The lowest BCUT2D eigenvalue weighted by atomic mass is 9.96. The molecule has 2 nitrogen and oxygen atoms in total. The minimum Gasteiger partial charge on any atom is -0.312 e. The van der Waals surface area contributed by atoms with Crippen LogP contribution in [-0.4, -0.2) is 36.1 Å². The fourth-order valence-corrected chi connectivity index (χ4v) is 3.27. The van der Waals surface area contributed by atoms with Gasteiger partial charge in [0.05, 0.1) is 0 Å². The maximum Gasteiger partial charge on any atom is 0.0223 e. The molecule has 0 amide bonds. The standard InChI is InChI=1S/C15H30N2/c1-4-10-16-15(14-8-9-14)11-17-12(2)6-5-7-13(17)3/h12-16H,4-11H2,1-3H3/t12-,13+,15?. The Kier molecular flexibility index (Phi) is 4.87. The number of likely N-dealkylation sites (tertiary alicyclic amines) is 1. The molecule has 1 saturated carbocycles. The van der Waals surface area contributed by atoms with Gasteiger partial charge < -0.3 is 5.32 Å². The molecule has 1 heterocycles. The summed E-state index contributed by atoms with van der Waals surface area (Å²) in [5.74, 6) is 0.975. The number of hydrogen-bond acceptors (Lipinski definition) is 2. The maximum absolute atomic E-state index is 3.78. The first-order chi connectivity index (χ1) is 8.22. The summed E-state index contributed by atoms with van der Waals surface area (Å²) in [5.41, 5.74) is 0. The number of hydrogen-bond donors (Lipinski definition) is 1. The van der Waals surface area contributed by atoms with Crippen LogP contribution in [0.4, 0.5) is 0 Å². The van der Waals surface area contributed by atoms with E-state index in [9.17, 15) is 0 Å². The Balaban J connectivity index is 1.86. The summed E-state index contributed by atoms with van der Waals surface area (Å²) in [5, 5.41) is 3.78. The van der Waals surface area contributed by atoms with Crippen LogP contribution < -0.4 is 5.32 Å². The van der Waals surface area contributed by atoms with Crippen LogP contribution in [0.25, 0.3) is 0 Å². The highest BCUT2D eigenvalue weighted by molar-refractivity contribution is 4.91. The molecular formula is C15H30N2. The van der Waals surface area contributed by atoms with E-state index in [1.165, 1.54) is 51.6 Å². The predicted molar refractivity (Wildman–Crippen MR) is 74.3 cm³/mol. The van der Waals surface area contributed by atoms with E-state index in [2.05, 4.69) is 31.0 Å². The zero-order valence-electron chi connectivity index (χ0n) is 11.9. The summed E-state index contributed by atoms with van der Waals surface area (Å²) in [6.45, 7) is 9.58. The normalized spacial score (nSPS) is 32.6. The Bertz CT molecular complexity index is 215. The van der Waals surface area contributed by atoms with E-state index in [1.807, 2.05) is 0 Å². The van der Waals surface area contributed by atoms with E-state index < -0.39 is 0 Å². The minimum atomic E-state index is 0.762. The van der Waals surface area contributed by atoms with E-state index in [0.717, 1.165) is 24.0 Å². The third-order valence-corrected chi connectivity index (χ3v) is 4.63. The van der Waals surface area contributed by atoms with Crippen molar-refractivity contribution in [1.82, 2.24) is 10.2 Å². The van der Waals surface area contributed by atoms with Gasteiger partial charge in [-0.15, -0.1) is 0 Å². The first kappa shape index (κ1) is 13.4. The van der Waals surface area contributed by atoms with Crippen LogP contribution in [0.5, 0.6) is 0 Å². The molecule has 0 aromatic heterocycles. The zero-order chi connectivity index (χ0) is 12.3. The molecule has 2 fully saturated rings. The van der Waals surface area contributed by atoms with Gasteiger partial charge in [-0.2, -0.15) is 0 Å². The van der Waals surface area contributed by atoms with E-state index in [1.54, 1.807) is 0 Å². The zero-order valence-corrected chi connectivity index (χ0v) is 11.9. The molecule has 1 saturated heterocycles. The molecule has 1 aliphatic carbocycles. The number of piperidine rings is 1. The molecular weight excluding hydrogens is 208 g/mol. The van der Waals surface area contributed by atoms with Gasteiger partial charge in [-0.05, 0) is 58.4 Å². The third kappa shape index (κ3) is 3.69. The maximum atomic E-state index is 3.78. The SMILES string of the molecule is CCCNC(CN1[C@H](C)CCC[C@@H]1C)C1CC1. The van der Waals surface area contributed by atoms with E-state index >= 15 is 0 Å². The van der Waals surface area contributed by atoms with Gasteiger partial charge in [0.15, 0.2) is 0 Å². The first-order valence-corrected chi connectivity index (χ1v) is 7.71. The fraction of sp³-hybridized carbons (Fsp3) is 1.00. The van der Waals surface area contributed by atoms with Crippen LogP contribution in [0.2, 0.25) is 0 Å². The molecule has 100 valence electrons. The lowest BCUT2D eigenvalue weighted by Gasteiger charge is -2.41. The van der Waals surface area contributed by atoms with Crippen molar-refractivity contribution in [3.8, 4) is 0 Å². The highest BCUT2D eigenvalue weighted by Gasteiger charge is 2.34. The van der Waals surface area contributed by atoms with E-state index in [-0.39, 0.29) is 0 Å². The highest BCUT2D eigenvalue weighted by atomic mass is 15.2. The Morgan fingerprint density at radius 2 is 1.76 bits per heavy atom. The van der Waals surface area contributed by atoms with Crippen molar-refractivity contribution in [2.24, 2.45) is 5.92 Å². The lowest BCUT2D eigenvalue weighted by molar-refractivity contribution is 0.0875. The van der Waals surface area contributed by atoms with Gasteiger partial charge in [0, 0.05) is 24.7 Å². The highest BCUT2D eigenvalue weighted by Crippen LogP contribution is 2.34. The molecule has 1 aliphatic heterocycles. The number of nitrogens with zero attached hydrogens (tertiary/aromatic N) is 1. The van der Waals surface area contributed by atoms with E-state index in [0.29, 0.717) is 0 Å². The first-order valence-electron chi connectivity index (χ1n) is 7.71. The van der Waals surface area contributed by atoms with Gasteiger partial charge in [0.25, 0.3) is 0 Å². The van der Waals surface area contributed by atoms with Crippen molar-refractivity contribution in [2.75, 3.05) is 13.1 Å². The summed E-state index contributed by atoms with van der Waals surface area (Å²) >= 11 is 0. The van der Waals surface area contributed by atoms with Crippen molar-refractivity contribution >= 4 is 0 Å². The van der Waals surface area contributed by atoms with Crippen LogP contribution in [0, 0.1) is 5.92 Å². The average Bonchev–Trinajstić information content (AvgIpc) is 3.12. The molecule has 0 radical (unpaired) electrons. The van der Waals surface area contributed by atoms with Gasteiger partial charge in [-0.1, -0.05) is 13.3 Å². The van der Waals surface area contributed by atoms with Gasteiger partial charge in [0.1, 0.15) is 0 Å². The van der Waals surface area contributed by atoms with E-state index in [4.69, 9.17) is 0 Å². The summed E-state index contributed by atoms with van der Waals surface area (Å²) < 4.78 is 0. The van der Waals surface area contributed by atoms with Crippen molar-refractivity contribution in [3.63, 3.8) is 0 Å². The molecule has 1 N–H and O–H groups in total. The van der Waals surface area contributed by atoms with Crippen LogP contribution in [0.1, 0.15) is 59.3 Å². The summed E-state index contributed by atoms with van der Waals surface area (Å²) in [4.78, 5) is 2.76. The van der Waals surface area contributed by atoms with Crippen molar-refractivity contribution in [2.45, 2.75) is 77.4 Å². The Labute approximate surface area is 107 Å². The number of rotatable bonds is 6. The molecule has 2 aliphatic rings. The van der Waals surface area contributed by atoms with Crippen LogP contribution >= 0.6 is 0 Å². The molecule has 0 spiro atoms. The Hall–Kier alpha value is -0.0800. The monoisotopic (exact) mass is 238 g/mol. The Morgan fingerprint density at radius 3 is 2.29 bits per heavy atom. The number of nitrogens with one attached hydrogen (secondary N) is 1. The van der Waals surface area contributed by atoms with Crippen molar-refractivity contribution in [1.29, 1.82) is 0 Å². The molecule has 0 aromatic carbocycles. The largest absolute Gasteiger partial charge is 0.312 e. The lowest BCUT2D eigenvalue weighted by Crippen LogP contribution is -2.51. The fourth-order valence-electron chi connectivity index (χ4n) is 3.27. The smallest absolute Gasteiger partial charge is 0.0223 e. The molecule has 2 rings (SSSR count). The average molecular weight is 238 g/mol. The topological polar surface area (TPSA) is 15.3 Å². The van der Waals surface area contributed by atoms with Crippen LogP contribution in [0.3, 0.4) is 0 Å². The third-order valence-electron chi connectivity index (χ3n) is 4.63. The quantitative estimate of drug-likeness (QED) is 0.765. The minimum absolute atomic E-state index is 0.762. The summed E-state index contributed by atoms with van der Waals surface area (Å²) in [6, 6.07) is 2.35. The van der Waals surface area contributed by atoms with Gasteiger partial charge >= 0.3 is 0 Å². The van der Waals surface area contributed by atoms with Crippen LogP contribution in [0.15, 0.2) is 0 Å². The molecule has 17 heavy (non-hydrogen) atoms. The van der Waals surface area contributed by atoms with Crippen molar-refractivity contribution < 1.29 is 0 Å². The van der Waals surface area contributed by atoms with Crippen LogP contribution in [-0.2, 0) is 0 Å². The summed E-state index contributed by atoms with van der Waals surface area (Å²) in [6.07, 6.45) is 8.39.